The lowest BCUT2D eigenvalue weighted by Crippen LogP contribution is -1.73. The van der Waals surface area contributed by atoms with Crippen LogP contribution in [0.25, 0.3) is 10.8 Å². The molecule has 1 heterocycles. The Morgan fingerprint density at radius 3 is 3.17 bits per heavy atom. The number of rotatable bonds is 0. The third-order valence-electron chi connectivity index (χ3n) is 1.63. The molecule has 0 N–H and O–H groups in total. The summed E-state index contributed by atoms with van der Waals surface area (Å²) in [6.07, 6.45) is 1.41. The Bertz CT molecular complexity index is 459. The number of hydrogen-bond donors (Lipinski definition) is 0. The molecule has 0 atom stereocenters. The fraction of sp³-hybridized carbons (Fsp3) is 0. The summed E-state index contributed by atoms with van der Waals surface area (Å²) >= 11 is 1.48. The third kappa shape index (κ3) is 1.09. The van der Waals surface area contributed by atoms with Gasteiger partial charge in [-0.2, -0.15) is 0 Å². The molecule has 2 aromatic rings. The van der Waals surface area contributed by atoms with E-state index in [4.69, 9.17) is 0 Å². The van der Waals surface area contributed by atoms with E-state index in [-0.39, 0.29) is 0 Å². The lowest BCUT2D eigenvalue weighted by Gasteiger charge is -1.91. The summed E-state index contributed by atoms with van der Waals surface area (Å²) in [5.41, 5.74) is 0.729. The molecular formula is C10H4FS. The lowest BCUT2D eigenvalue weighted by atomic mass is 10.1. The highest BCUT2D eigenvalue weighted by atomic mass is 32.1. The quantitative estimate of drug-likeness (QED) is 0.540. The van der Waals surface area contributed by atoms with Crippen LogP contribution in [0.2, 0.25) is 0 Å². The first-order valence-corrected chi connectivity index (χ1v) is 4.29. The van der Waals surface area contributed by atoms with Crippen LogP contribution in [0.4, 0.5) is 4.39 Å². The van der Waals surface area contributed by atoms with Crippen LogP contribution >= 0.6 is 11.3 Å². The van der Waals surface area contributed by atoms with Crippen LogP contribution in [-0.2, 0) is 0 Å². The molecule has 2 heteroatoms. The molecule has 1 aromatic carbocycles. The minimum Gasteiger partial charge on any atom is -0.144 e. The van der Waals surface area contributed by atoms with Crippen molar-refractivity contribution in [3.05, 3.63) is 34.5 Å². The minimum atomic E-state index is 0.729. The van der Waals surface area contributed by atoms with Crippen LogP contribution in [-0.4, -0.2) is 0 Å². The van der Waals surface area contributed by atoms with Gasteiger partial charge in [-0.1, -0.05) is 12.1 Å². The SMILES string of the molecule is FC#Cc1cccc2[c]scc12. The lowest BCUT2D eigenvalue weighted by molar-refractivity contribution is 0.774. The fourth-order valence-electron chi connectivity index (χ4n) is 1.09. The maximum absolute atomic E-state index is 11.7. The molecule has 0 aliphatic carbocycles. The second-order valence-electron chi connectivity index (χ2n) is 2.32. The van der Waals surface area contributed by atoms with E-state index in [1.165, 1.54) is 17.5 Å². The van der Waals surface area contributed by atoms with E-state index in [0.29, 0.717) is 0 Å². The van der Waals surface area contributed by atoms with Crippen molar-refractivity contribution < 1.29 is 4.39 Å². The van der Waals surface area contributed by atoms with Crippen molar-refractivity contribution in [1.29, 1.82) is 0 Å². The van der Waals surface area contributed by atoms with Crippen molar-refractivity contribution in [2.45, 2.75) is 0 Å². The molecule has 0 fully saturated rings. The standard InChI is InChI=1S/C10H4FS/c11-5-4-8-2-1-3-9-6-12-7-10(8)9/h1-3,7H. The number of thiophene rings is 1. The Morgan fingerprint density at radius 1 is 1.42 bits per heavy atom. The first kappa shape index (κ1) is 7.33. The van der Waals surface area contributed by atoms with Gasteiger partial charge in [0.25, 0.3) is 0 Å². The molecule has 1 radical (unpaired) electrons. The predicted octanol–water partition coefficient (Wildman–Crippen LogP) is 2.98. The minimum absolute atomic E-state index is 0.729. The van der Waals surface area contributed by atoms with Crippen molar-refractivity contribution in [3.63, 3.8) is 0 Å². The zero-order valence-corrected chi connectivity index (χ0v) is 6.91. The van der Waals surface area contributed by atoms with Gasteiger partial charge in [0, 0.05) is 21.7 Å². The van der Waals surface area contributed by atoms with E-state index >= 15 is 0 Å². The van der Waals surface area contributed by atoms with E-state index in [1.807, 2.05) is 17.5 Å². The Kier molecular flexibility index (Phi) is 1.81. The summed E-state index contributed by atoms with van der Waals surface area (Å²) in [5, 5.41) is 6.97. The van der Waals surface area contributed by atoms with Crippen molar-refractivity contribution in [1.82, 2.24) is 0 Å². The van der Waals surface area contributed by atoms with E-state index in [0.717, 1.165) is 16.3 Å². The molecule has 0 aliphatic rings. The maximum atomic E-state index is 11.7. The average Bonchev–Trinajstić information content (AvgIpc) is 2.53. The largest absolute Gasteiger partial charge is 0.144 e. The van der Waals surface area contributed by atoms with Gasteiger partial charge in [-0.15, -0.1) is 15.7 Å². The summed E-state index contributed by atoms with van der Waals surface area (Å²) in [7, 11) is 0. The van der Waals surface area contributed by atoms with E-state index < -0.39 is 0 Å². The van der Waals surface area contributed by atoms with Crippen LogP contribution < -0.4 is 0 Å². The van der Waals surface area contributed by atoms with Crippen LogP contribution in [0.3, 0.4) is 0 Å². The zero-order valence-electron chi connectivity index (χ0n) is 6.10. The van der Waals surface area contributed by atoms with Gasteiger partial charge in [-0.25, -0.2) is 0 Å². The number of benzene rings is 1. The predicted molar refractivity (Wildman–Crippen MR) is 48.6 cm³/mol. The molecule has 12 heavy (non-hydrogen) atoms. The van der Waals surface area contributed by atoms with E-state index in [1.54, 1.807) is 6.07 Å². The number of hydrogen-bond acceptors (Lipinski definition) is 1. The third-order valence-corrected chi connectivity index (χ3v) is 2.33. The van der Waals surface area contributed by atoms with Crippen LogP contribution in [0.15, 0.2) is 23.6 Å². The van der Waals surface area contributed by atoms with Gasteiger partial charge < -0.3 is 0 Å². The number of halogens is 1. The molecule has 0 unspecified atom stereocenters. The molecule has 0 aliphatic heterocycles. The second-order valence-corrected chi connectivity index (χ2v) is 3.00. The highest BCUT2D eigenvalue weighted by Crippen LogP contribution is 2.21. The smallest absolute Gasteiger partial charge is 0.111 e. The van der Waals surface area contributed by atoms with Crippen molar-refractivity contribution >= 4 is 22.1 Å². The monoisotopic (exact) mass is 175 g/mol. The Labute approximate surface area is 73.6 Å². The molecular weight excluding hydrogens is 171 g/mol. The number of fused-ring (bicyclic) bond motifs is 1. The topological polar surface area (TPSA) is 0 Å². The molecule has 0 saturated carbocycles. The molecule has 0 amide bonds. The summed E-state index contributed by atoms with van der Waals surface area (Å²) in [4.78, 5) is 0. The summed E-state index contributed by atoms with van der Waals surface area (Å²) < 4.78 is 11.7. The molecule has 0 nitrogen and oxygen atoms in total. The Morgan fingerprint density at radius 2 is 2.33 bits per heavy atom. The van der Waals surface area contributed by atoms with Crippen LogP contribution in [0, 0.1) is 17.5 Å². The Balaban J connectivity index is 2.79. The van der Waals surface area contributed by atoms with Crippen LogP contribution in [0.1, 0.15) is 5.56 Å². The molecule has 0 saturated heterocycles. The molecule has 57 valence electrons. The van der Waals surface area contributed by atoms with Gasteiger partial charge in [-0.3, -0.25) is 0 Å². The molecule has 1 aromatic heterocycles. The van der Waals surface area contributed by atoms with E-state index in [9.17, 15) is 4.39 Å². The first-order valence-electron chi connectivity index (χ1n) is 3.41. The fourth-order valence-corrected chi connectivity index (χ4v) is 1.83. The maximum Gasteiger partial charge on any atom is 0.111 e. The zero-order chi connectivity index (χ0) is 8.39. The average molecular weight is 175 g/mol. The molecule has 0 bridgehead atoms. The van der Waals surface area contributed by atoms with Gasteiger partial charge in [0.2, 0.25) is 0 Å². The van der Waals surface area contributed by atoms with Gasteiger partial charge in [0.05, 0.1) is 5.38 Å². The van der Waals surface area contributed by atoms with Gasteiger partial charge in [0.15, 0.2) is 0 Å². The Hall–Kier alpha value is -1.33. The van der Waals surface area contributed by atoms with Crippen molar-refractivity contribution in [2.24, 2.45) is 0 Å². The van der Waals surface area contributed by atoms with Gasteiger partial charge in [0.1, 0.15) is 6.17 Å². The van der Waals surface area contributed by atoms with Gasteiger partial charge in [-0.05, 0) is 12.0 Å². The van der Waals surface area contributed by atoms with Gasteiger partial charge >= 0.3 is 0 Å². The van der Waals surface area contributed by atoms with Crippen molar-refractivity contribution in [3.8, 4) is 12.1 Å². The first-order chi connectivity index (χ1) is 5.92. The second kappa shape index (κ2) is 2.96. The summed E-state index contributed by atoms with van der Waals surface area (Å²) in [5.74, 6) is 2.41. The highest BCUT2D eigenvalue weighted by Gasteiger charge is 1.97. The summed E-state index contributed by atoms with van der Waals surface area (Å²) in [6.45, 7) is 0. The van der Waals surface area contributed by atoms with Crippen molar-refractivity contribution in [2.75, 3.05) is 0 Å². The normalized spacial score (nSPS) is 9.42. The molecule has 2 rings (SSSR count). The van der Waals surface area contributed by atoms with E-state index in [2.05, 4.69) is 11.3 Å². The molecule has 0 spiro atoms. The summed E-state index contributed by atoms with van der Waals surface area (Å²) in [6, 6.07) is 5.59. The highest BCUT2D eigenvalue weighted by molar-refractivity contribution is 7.08. The van der Waals surface area contributed by atoms with Crippen LogP contribution in [0.5, 0.6) is 0 Å².